The van der Waals surface area contributed by atoms with Gasteiger partial charge in [-0.15, -0.1) is 0 Å². The third kappa shape index (κ3) is 6.02. The summed E-state index contributed by atoms with van der Waals surface area (Å²) in [6.07, 6.45) is 2.59. The number of benzene rings is 1. The lowest BCUT2D eigenvalue weighted by Gasteiger charge is -2.42. The number of carbonyl (C=O) groups excluding carboxylic acids is 1. The van der Waals surface area contributed by atoms with Gasteiger partial charge in [0.25, 0.3) is 5.91 Å². The van der Waals surface area contributed by atoms with Gasteiger partial charge < -0.3 is 15.2 Å². The Morgan fingerprint density at radius 3 is 2.46 bits per heavy atom. The molecule has 0 aliphatic heterocycles. The molecule has 6 heteroatoms. The zero-order valence-corrected chi connectivity index (χ0v) is 15.9. The van der Waals surface area contributed by atoms with Gasteiger partial charge in [0.2, 0.25) is 0 Å². The second-order valence-corrected chi connectivity index (χ2v) is 7.31. The van der Waals surface area contributed by atoms with Crippen LogP contribution in [-0.2, 0) is 4.79 Å². The number of hydrogen-bond donors (Lipinski definition) is 2. The molecule has 2 rings (SSSR count). The maximum absolute atomic E-state index is 12.3. The van der Waals surface area contributed by atoms with Gasteiger partial charge in [0.05, 0.1) is 13.2 Å². The van der Waals surface area contributed by atoms with Crippen molar-refractivity contribution in [1.82, 2.24) is 10.2 Å². The lowest BCUT2D eigenvalue weighted by atomic mass is 9.85. The maximum Gasteiger partial charge on any atom is 0.317 e. The first-order valence-electron chi connectivity index (χ1n) is 9.38. The molecule has 0 spiro atoms. The third-order valence-corrected chi connectivity index (χ3v) is 4.79. The minimum absolute atomic E-state index is 0.0557. The third-order valence-electron chi connectivity index (χ3n) is 4.79. The zero-order valence-electron chi connectivity index (χ0n) is 15.9. The van der Waals surface area contributed by atoms with Crippen molar-refractivity contribution in [1.29, 1.82) is 0 Å². The summed E-state index contributed by atoms with van der Waals surface area (Å²) in [6, 6.07) is 7.54. The number of aliphatic carboxylic acids is 1. The molecule has 6 nitrogen and oxygen atoms in total. The molecule has 1 saturated carbocycles. The highest BCUT2D eigenvalue weighted by atomic mass is 16.5. The van der Waals surface area contributed by atoms with Crippen LogP contribution in [0.1, 0.15) is 50.4 Å². The molecule has 0 atom stereocenters. The standard InChI is InChI=1S/C20H30N2O4/c1-4-22(13-19(23)24)17-11-16(12-17)21-20(25)15-5-7-18(8-6-15)26-10-9-14(2)3/h5-8,14,16-17H,4,9-13H2,1-3H3,(H,21,25)(H,23,24). The Morgan fingerprint density at radius 2 is 1.92 bits per heavy atom. The van der Waals surface area contributed by atoms with Crippen LogP contribution in [0, 0.1) is 5.92 Å². The number of nitrogens with zero attached hydrogens (tertiary/aromatic N) is 1. The predicted octanol–water partition coefficient (Wildman–Crippen LogP) is 2.78. The summed E-state index contributed by atoms with van der Waals surface area (Å²) in [5, 5.41) is 11.9. The van der Waals surface area contributed by atoms with Crippen LogP contribution in [0.25, 0.3) is 0 Å². The molecule has 2 N–H and O–H groups in total. The minimum atomic E-state index is -0.810. The fourth-order valence-electron chi connectivity index (χ4n) is 3.06. The molecule has 0 bridgehead atoms. The molecule has 0 heterocycles. The molecule has 144 valence electrons. The van der Waals surface area contributed by atoms with E-state index in [9.17, 15) is 9.59 Å². The van der Waals surface area contributed by atoms with E-state index >= 15 is 0 Å². The maximum atomic E-state index is 12.3. The monoisotopic (exact) mass is 362 g/mol. The molecule has 0 aromatic heterocycles. The zero-order chi connectivity index (χ0) is 19.1. The highest BCUT2D eigenvalue weighted by molar-refractivity contribution is 5.94. The van der Waals surface area contributed by atoms with Gasteiger partial charge >= 0.3 is 5.97 Å². The summed E-state index contributed by atoms with van der Waals surface area (Å²) >= 11 is 0. The van der Waals surface area contributed by atoms with Gasteiger partial charge in [-0.3, -0.25) is 14.5 Å². The molecule has 26 heavy (non-hydrogen) atoms. The summed E-state index contributed by atoms with van der Waals surface area (Å²) in [5.41, 5.74) is 0.613. The fourth-order valence-corrected chi connectivity index (χ4v) is 3.06. The molecule has 0 radical (unpaired) electrons. The molecule has 1 amide bonds. The van der Waals surface area contributed by atoms with E-state index in [4.69, 9.17) is 9.84 Å². The molecule has 1 aromatic rings. The van der Waals surface area contributed by atoms with E-state index in [1.165, 1.54) is 0 Å². The molecule has 1 fully saturated rings. The summed E-state index contributed by atoms with van der Waals surface area (Å²) in [5.74, 6) is 0.474. The molecular formula is C20H30N2O4. The highest BCUT2D eigenvalue weighted by Gasteiger charge is 2.34. The van der Waals surface area contributed by atoms with Crippen molar-refractivity contribution in [2.45, 2.75) is 52.1 Å². The summed E-state index contributed by atoms with van der Waals surface area (Å²) in [4.78, 5) is 25.1. The summed E-state index contributed by atoms with van der Waals surface area (Å²) in [7, 11) is 0. The van der Waals surface area contributed by atoms with Crippen molar-refractivity contribution in [3.8, 4) is 5.75 Å². The fraction of sp³-hybridized carbons (Fsp3) is 0.600. The number of carboxylic acids is 1. The van der Waals surface area contributed by atoms with Crippen molar-refractivity contribution < 1.29 is 19.4 Å². The molecule has 0 unspecified atom stereocenters. The highest BCUT2D eigenvalue weighted by Crippen LogP contribution is 2.26. The average Bonchev–Trinajstić information content (AvgIpc) is 2.56. The van der Waals surface area contributed by atoms with E-state index in [1.807, 2.05) is 24.0 Å². The van der Waals surface area contributed by atoms with Crippen LogP contribution in [-0.4, -0.2) is 53.7 Å². The van der Waals surface area contributed by atoms with Crippen LogP contribution in [0.3, 0.4) is 0 Å². The van der Waals surface area contributed by atoms with Gasteiger partial charge in [-0.1, -0.05) is 20.8 Å². The van der Waals surface area contributed by atoms with E-state index in [1.54, 1.807) is 12.1 Å². The average molecular weight is 362 g/mol. The van der Waals surface area contributed by atoms with Crippen LogP contribution in [0.4, 0.5) is 0 Å². The number of nitrogens with one attached hydrogen (secondary N) is 1. The summed E-state index contributed by atoms with van der Waals surface area (Å²) < 4.78 is 5.66. The van der Waals surface area contributed by atoms with Gasteiger partial charge in [-0.2, -0.15) is 0 Å². The van der Waals surface area contributed by atoms with E-state index in [2.05, 4.69) is 19.2 Å². The topological polar surface area (TPSA) is 78.9 Å². The first kappa shape index (κ1) is 20.2. The second-order valence-electron chi connectivity index (χ2n) is 7.31. The second kappa shape index (κ2) is 9.57. The van der Waals surface area contributed by atoms with Gasteiger partial charge in [-0.05, 0) is 56.0 Å². The number of carboxylic acid groups (broad SMARTS) is 1. The largest absolute Gasteiger partial charge is 0.494 e. The van der Waals surface area contributed by atoms with E-state index < -0.39 is 5.97 Å². The van der Waals surface area contributed by atoms with Crippen molar-refractivity contribution in [2.75, 3.05) is 19.7 Å². The Kier molecular flexibility index (Phi) is 7.45. The Morgan fingerprint density at radius 1 is 1.27 bits per heavy atom. The molecule has 1 aromatic carbocycles. The quantitative estimate of drug-likeness (QED) is 0.669. The molecule has 0 saturated heterocycles. The van der Waals surface area contributed by atoms with Crippen molar-refractivity contribution in [2.24, 2.45) is 5.92 Å². The molecule has 1 aliphatic rings. The first-order chi connectivity index (χ1) is 12.4. The van der Waals surface area contributed by atoms with Crippen LogP contribution < -0.4 is 10.1 Å². The Balaban J connectivity index is 1.76. The SMILES string of the molecule is CCN(CC(=O)O)C1CC(NC(=O)c2ccc(OCCC(C)C)cc2)C1. The molecular weight excluding hydrogens is 332 g/mol. The van der Waals surface area contributed by atoms with Crippen molar-refractivity contribution in [3.63, 3.8) is 0 Å². The number of rotatable bonds is 10. The normalized spacial score (nSPS) is 19.3. The molecule has 1 aliphatic carbocycles. The van der Waals surface area contributed by atoms with Gasteiger partial charge in [0.15, 0.2) is 0 Å². The van der Waals surface area contributed by atoms with E-state index in [-0.39, 0.29) is 24.5 Å². The van der Waals surface area contributed by atoms with Crippen molar-refractivity contribution >= 4 is 11.9 Å². The van der Waals surface area contributed by atoms with Crippen LogP contribution in [0.5, 0.6) is 5.75 Å². The van der Waals surface area contributed by atoms with E-state index in [0.717, 1.165) is 25.0 Å². The minimum Gasteiger partial charge on any atom is -0.494 e. The number of likely N-dealkylation sites (N-methyl/N-ethyl adjacent to an activating group) is 1. The van der Waals surface area contributed by atoms with Crippen LogP contribution >= 0.6 is 0 Å². The number of hydrogen-bond acceptors (Lipinski definition) is 4. The lowest BCUT2D eigenvalue weighted by Crippen LogP contribution is -2.54. The Bertz CT molecular complexity index is 594. The first-order valence-corrected chi connectivity index (χ1v) is 9.38. The van der Waals surface area contributed by atoms with E-state index in [0.29, 0.717) is 24.6 Å². The lowest BCUT2D eigenvalue weighted by molar-refractivity contribution is -0.139. The Labute approximate surface area is 155 Å². The number of amides is 1. The number of carbonyl (C=O) groups is 2. The predicted molar refractivity (Wildman–Crippen MR) is 101 cm³/mol. The number of ether oxygens (including phenoxy) is 1. The van der Waals surface area contributed by atoms with Crippen LogP contribution in [0.15, 0.2) is 24.3 Å². The summed E-state index contributed by atoms with van der Waals surface area (Å²) in [6.45, 7) is 7.71. The van der Waals surface area contributed by atoms with Crippen LogP contribution in [0.2, 0.25) is 0 Å². The smallest absolute Gasteiger partial charge is 0.317 e. The van der Waals surface area contributed by atoms with Crippen molar-refractivity contribution in [3.05, 3.63) is 29.8 Å². The Hall–Kier alpha value is -2.08. The van der Waals surface area contributed by atoms with Gasteiger partial charge in [-0.25, -0.2) is 0 Å². The van der Waals surface area contributed by atoms with Gasteiger partial charge in [0.1, 0.15) is 5.75 Å². The van der Waals surface area contributed by atoms with Gasteiger partial charge in [0, 0.05) is 17.6 Å².